The zero-order valence-electron chi connectivity index (χ0n) is 14.9. The van der Waals surface area contributed by atoms with Gasteiger partial charge in [0, 0.05) is 30.1 Å². The standard InChI is InChI=1S/C19H22N4O4/c24-19(14-27-18-9-5-4-8-17(18)23(25)26)21-20-12-15-10-11-22(13-15)16-6-2-1-3-7-16/h4-5,8-13,16H,1-3,6-7,14H2,(H,21,24)/b20-12+. The lowest BCUT2D eigenvalue weighted by Gasteiger charge is -2.23. The van der Waals surface area contributed by atoms with Gasteiger partial charge in [0.05, 0.1) is 11.1 Å². The predicted octanol–water partition coefficient (Wildman–Crippen LogP) is 3.43. The summed E-state index contributed by atoms with van der Waals surface area (Å²) in [4.78, 5) is 22.2. The molecule has 0 atom stereocenters. The van der Waals surface area contributed by atoms with Crippen molar-refractivity contribution >= 4 is 17.8 Å². The highest BCUT2D eigenvalue weighted by Crippen LogP contribution is 2.28. The van der Waals surface area contributed by atoms with E-state index >= 15 is 0 Å². The van der Waals surface area contributed by atoms with Crippen LogP contribution in [0.4, 0.5) is 5.69 Å². The summed E-state index contributed by atoms with van der Waals surface area (Å²) in [5.74, 6) is -0.442. The van der Waals surface area contributed by atoms with Crippen molar-refractivity contribution in [3.8, 4) is 5.75 Å². The van der Waals surface area contributed by atoms with Gasteiger partial charge in [0.25, 0.3) is 5.91 Å². The van der Waals surface area contributed by atoms with Crippen LogP contribution in [0.2, 0.25) is 0 Å². The molecule has 3 rings (SSSR count). The van der Waals surface area contributed by atoms with Crippen LogP contribution in [0.1, 0.15) is 43.7 Å². The number of hydrogen-bond donors (Lipinski definition) is 1. The molecule has 1 N–H and O–H groups in total. The molecule has 8 nitrogen and oxygen atoms in total. The topological polar surface area (TPSA) is 98.8 Å². The largest absolute Gasteiger partial charge is 0.477 e. The highest BCUT2D eigenvalue weighted by molar-refractivity contribution is 5.82. The molecule has 1 fully saturated rings. The minimum absolute atomic E-state index is 0.0474. The number of nitro benzene ring substituents is 1. The van der Waals surface area contributed by atoms with Crippen molar-refractivity contribution in [1.82, 2.24) is 9.99 Å². The van der Waals surface area contributed by atoms with Gasteiger partial charge in [0.1, 0.15) is 0 Å². The molecule has 27 heavy (non-hydrogen) atoms. The van der Waals surface area contributed by atoms with Gasteiger partial charge in [0.15, 0.2) is 12.4 Å². The van der Waals surface area contributed by atoms with E-state index in [1.807, 2.05) is 18.5 Å². The molecule has 1 saturated carbocycles. The van der Waals surface area contributed by atoms with Crippen LogP contribution in [-0.2, 0) is 4.79 Å². The number of nitro groups is 1. The molecular weight excluding hydrogens is 348 g/mol. The summed E-state index contributed by atoms with van der Waals surface area (Å²) in [5.41, 5.74) is 3.09. The third-order valence-corrected chi connectivity index (χ3v) is 4.56. The molecule has 1 aromatic carbocycles. The molecule has 142 valence electrons. The van der Waals surface area contributed by atoms with Crippen molar-refractivity contribution in [2.45, 2.75) is 38.1 Å². The van der Waals surface area contributed by atoms with E-state index in [0.29, 0.717) is 6.04 Å². The molecule has 0 radical (unpaired) electrons. The monoisotopic (exact) mass is 370 g/mol. The van der Waals surface area contributed by atoms with E-state index in [2.05, 4.69) is 15.1 Å². The van der Waals surface area contributed by atoms with Crippen molar-refractivity contribution < 1.29 is 14.5 Å². The van der Waals surface area contributed by atoms with Gasteiger partial charge in [-0.2, -0.15) is 5.10 Å². The van der Waals surface area contributed by atoms with Crippen LogP contribution in [0.25, 0.3) is 0 Å². The lowest BCUT2D eigenvalue weighted by Crippen LogP contribution is -2.24. The van der Waals surface area contributed by atoms with Crippen molar-refractivity contribution in [2.24, 2.45) is 5.10 Å². The van der Waals surface area contributed by atoms with E-state index in [0.717, 1.165) is 5.56 Å². The number of carbonyl (C=O) groups excluding carboxylic acids is 1. The predicted molar refractivity (Wildman–Crippen MR) is 101 cm³/mol. The van der Waals surface area contributed by atoms with Crippen molar-refractivity contribution in [1.29, 1.82) is 0 Å². The fourth-order valence-electron chi connectivity index (χ4n) is 3.20. The van der Waals surface area contributed by atoms with Crippen LogP contribution in [0.5, 0.6) is 5.75 Å². The summed E-state index contributed by atoms with van der Waals surface area (Å²) in [6.45, 7) is -0.356. The van der Waals surface area contributed by atoms with Crippen LogP contribution in [0.15, 0.2) is 47.8 Å². The highest BCUT2D eigenvalue weighted by Gasteiger charge is 2.15. The first-order valence-electron chi connectivity index (χ1n) is 8.99. The minimum Gasteiger partial charge on any atom is -0.477 e. The number of nitrogens with zero attached hydrogens (tertiary/aromatic N) is 3. The molecule has 8 heteroatoms. The van der Waals surface area contributed by atoms with Gasteiger partial charge < -0.3 is 9.30 Å². The third-order valence-electron chi connectivity index (χ3n) is 4.56. The number of benzene rings is 1. The Balaban J connectivity index is 1.48. The Hall–Kier alpha value is -3.16. The van der Waals surface area contributed by atoms with Gasteiger partial charge in [-0.05, 0) is 25.0 Å². The van der Waals surface area contributed by atoms with Gasteiger partial charge in [-0.1, -0.05) is 31.4 Å². The number of nitrogens with one attached hydrogen (secondary N) is 1. The molecule has 1 heterocycles. The number of aromatic nitrogens is 1. The first-order valence-corrected chi connectivity index (χ1v) is 8.99. The van der Waals surface area contributed by atoms with Crippen LogP contribution in [0, 0.1) is 10.1 Å². The summed E-state index contributed by atoms with van der Waals surface area (Å²) in [5, 5.41) is 14.8. The first-order chi connectivity index (χ1) is 13.1. The fourth-order valence-corrected chi connectivity index (χ4v) is 3.20. The van der Waals surface area contributed by atoms with Crippen molar-refractivity contribution in [3.05, 3.63) is 58.4 Å². The molecular formula is C19H22N4O4. The Morgan fingerprint density at radius 2 is 2.07 bits per heavy atom. The van der Waals surface area contributed by atoms with Crippen LogP contribution >= 0.6 is 0 Å². The number of amides is 1. The molecule has 1 aliphatic carbocycles. The Kier molecular flexibility index (Phi) is 6.19. The van der Waals surface area contributed by atoms with E-state index in [9.17, 15) is 14.9 Å². The number of para-hydroxylation sites is 2. The zero-order valence-corrected chi connectivity index (χ0v) is 14.9. The lowest BCUT2D eigenvalue weighted by atomic mass is 9.95. The maximum atomic E-state index is 11.8. The average molecular weight is 370 g/mol. The summed E-state index contributed by atoms with van der Waals surface area (Å²) >= 11 is 0. The highest BCUT2D eigenvalue weighted by atomic mass is 16.6. The first kappa shape index (κ1) is 18.6. The molecule has 1 aromatic heterocycles. The van der Waals surface area contributed by atoms with E-state index in [1.165, 1.54) is 50.3 Å². The second kappa shape index (κ2) is 8.98. The van der Waals surface area contributed by atoms with E-state index in [-0.39, 0.29) is 18.0 Å². The normalized spacial score (nSPS) is 15.0. The second-order valence-electron chi connectivity index (χ2n) is 6.49. The lowest BCUT2D eigenvalue weighted by molar-refractivity contribution is -0.385. The zero-order chi connectivity index (χ0) is 19.1. The van der Waals surface area contributed by atoms with E-state index < -0.39 is 10.8 Å². The summed E-state index contributed by atoms with van der Waals surface area (Å²) < 4.78 is 7.42. The second-order valence-corrected chi connectivity index (χ2v) is 6.49. The van der Waals surface area contributed by atoms with Gasteiger partial charge in [-0.3, -0.25) is 14.9 Å². The van der Waals surface area contributed by atoms with Crippen molar-refractivity contribution in [3.63, 3.8) is 0 Å². The molecule has 0 bridgehead atoms. The molecule has 0 saturated heterocycles. The molecule has 1 aliphatic rings. The van der Waals surface area contributed by atoms with Gasteiger partial charge >= 0.3 is 5.69 Å². The minimum atomic E-state index is -0.553. The summed E-state index contributed by atoms with van der Waals surface area (Å²) in [7, 11) is 0. The molecule has 1 amide bonds. The van der Waals surface area contributed by atoms with E-state index in [1.54, 1.807) is 12.3 Å². The maximum absolute atomic E-state index is 11.8. The number of carbonyl (C=O) groups is 1. The van der Waals surface area contributed by atoms with Crippen LogP contribution < -0.4 is 10.2 Å². The average Bonchev–Trinajstić information content (AvgIpc) is 3.16. The molecule has 0 spiro atoms. The third kappa shape index (κ3) is 5.16. The SMILES string of the molecule is O=C(COc1ccccc1[N+](=O)[O-])N/N=C/c1ccn(C2CCCCC2)c1. The Bertz CT molecular complexity index is 825. The number of hydrogen-bond acceptors (Lipinski definition) is 5. The molecule has 2 aromatic rings. The van der Waals surface area contributed by atoms with Gasteiger partial charge in [-0.15, -0.1) is 0 Å². The fraction of sp³-hybridized carbons (Fsp3) is 0.368. The smallest absolute Gasteiger partial charge is 0.310 e. The molecule has 0 unspecified atom stereocenters. The quantitative estimate of drug-likeness (QED) is 0.458. The number of rotatable bonds is 7. The number of hydrazone groups is 1. The summed E-state index contributed by atoms with van der Waals surface area (Å²) in [6, 6.07) is 8.41. The van der Waals surface area contributed by atoms with Gasteiger partial charge in [0.2, 0.25) is 0 Å². The maximum Gasteiger partial charge on any atom is 0.310 e. The Morgan fingerprint density at radius 1 is 1.30 bits per heavy atom. The Labute approximate surface area is 157 Å². The molecule has 0 aliphatic heterocycles. The van der Waals surface area contributed by atoms with Crippen LogP contribution in [-0.4, -0.2) is 28.2 Å². The Morgan fingerprint density at radius 3 is 2.85 bits per heavy atom. The number of ether oxygens (including phenoxy) is 1. The van der Waals surface area contributed by atoms with E-state index in [4.69, 9.17) is 4.74 Å². The van der Waals surface area contributed by atoms with Crippen molar-refractivity contribution in [2.75, 3.05) is 6.61 Å². The van der Waals surface area contributed by atoms with Crippen LogP contribution in [0.3, 0.4) is 0 Å². The summed E-state index contributed by atoms with van der Waals surface area (Å²) in [6.07, 6.45) is 11.9. The van der Waals surface area contributed by atoms with Gasteiger partial charge in [-0.25, -0.2) is 5.43 Å².